The molecule has 0 radical (unpaired) electrons. The summed E-state index contributed by atoms with van der Waals surface area (Å²) in [5, 5.41) is 5.61. The summed E-state index contributed by atoms with van der Waals surface area (Å²) in [6.45, 7) is 3.72. The Kier molecular flexibility index (Phi) is 5.28. The van der Waals surface area contributed by atoms with Crippen molar-refractivity contribution in [1.82, 2.24) is 10.6 Å². The van der Waals surface area contributed by atoms with Gasteiger partial charge in [-0.3, -0.25) is 4.79 Å². The normalized spacial score (nSPS) is 20.3. The van der Waals surface area contributed by atoms with E-state index in [2.05, 4.69) is 10.6 Å². The molecule has 0 saturated carbocycles. The topological polar surface area (TPSA) is 89.1 Å². The largest absolute Gasteiger partial charge is 0.486 e. The van der Waals surface area contributed by atoms with Crippen molar-refractivity contribution in [3.63, 3.8) is 0 Å². The van der Waals surface area contributed by atoms with Crippen LogP contribution in [-0.4, -0.2) is 57.5 Å². The zero-order valence-corrected chi connectivity index (χ0v) is 14.4. The Morgan fingerprint density at radius 1 is 1.36 bits per heavy atom. The fourth-order valence-corrected chi connectivity index (χ4v) is 3.00. The second kappa shape index (κ2) is 7.60. The van der Waals surface area contributed by atoms with E-state index in [-0.39, 0.29) is 30.4 Å². The summed E-state index contributed by atoms with van der Waals surface area (Å²) in [4.78, 5) is 26.0. The van der Waals surface area contributed by atoms with Crippen molar-refractivity contribution < 1.29 is 23.8 Å². The van der Waals surface area contributed by atoms with Gasteiger partial charge in [-0.2, -0.15) is 0 Å². The van der Waals surface area contributed by atoms with Gasteiger partial charge < -0.3 is 29.7 Å². The highest BCUT2D eigenvalue weighted by Crippen LogP contribution is 2.35. The van der Waals surface area contributed by atoms with Crippen LogP contribution in [0.5, 0.6) is 11.5 Å². The zero-order chi connectivity index (χ0) is 17.8. The number of fused-ring (bicyclic) bond motifs is 1. The highest BCUT2D eigenvalue weighted by molar-refractivity contribution is 5.97. The summed E-state index contributed by atoms with van der Waals surface area (Å²) in [6, 6.07) is 4.79. The van der Waals surface area contributed by atoms with E-state index in [1.165, 1.54) is 0 Å². The second-order valence-corrected chi connectivity index (χ2v) is 6.21. The molecule has 2 N–H and O–H groups in total. The van der Waals surface area contributed by atoms with Gasteiger partial charge in [-0.1, -0.05) is 0 Å². The molecule has 2 aliphatic heterocycles. The Bertz CT molecular complexity index is 651. The van der Waals surface area contributed by atoms with Crippen molar-refractivity contribution in [2.45, 2.75) is 25.4 Å². The monoisotopic (exact) mass is 349 g/mol. The SMILES string of the molecule is COC[C@H](C)NC(=O)N[C@H]1CC(=O)N(c2ccc3c(c2)OCCO3)C1. The molecule has 0 aromatic heterocycles. The smallest absolute Gasteiger partial charge is 0.315 e. The number of ether oxygens (including phenoxy) is 3. The molecule has 3 amide bonds. The van der Waals surface area contributed by atoms with E-state index >= 15 is 0 Å². The molecule has 0 unspecified atom stereocenters. The Morgan fingerprint density at radius 3 is 2.88 bits per heavy atom. The number of methoxy groups -OCH3 is 1. The Labute approximate surface area is 146 Å². The molecule has 1 aromatic rings. The first-order valence-corrected chi connectivity index (χ1v) is 8.33. The van der Waals surface area contributed by atoms with Crippen LogP contribution >= 0.6 is 0 Å². The van der Waals surface area contributed by atoms with Crippen LogP contribution in [0, 0.1) is 0 Å². The third-order valence-corrected chi connectivity index (χ3v) is 4.09. The average Bonchev–Trinajstić information content (AvgIpc) is 2.94. The molecule has 25 heavy (non-hydrogen) atoms. The predicted octanol–water partition coefficient (Wildman–Crippen LogP) is 0.897. The molecule has 136 valence electrons. The van der Waals surface area contributed by atoms with Crippen LogP contribution in [0.15, 0.2) is 18.2 Å². The van der Waals surface area contributed by atoms with E-state index in [0.29, 0.717) is 37.9 Å². The van der Waals surface area contributed by atoms with Gasteiger partial charge in [-0.05, 0) is 19.1 Å². The van der Waals surface area contributed by atoms with Crippen molar-refractivity contribution in [2.75, 3.05) is 38.4 Å². The number of hydrogen-bond acceptors (Lipinski definition) is 5. The quantitative estimate of drug-likeness (QED) is 0.824. The minimum absolute atomic E-state index is 0.0353. The van der Waals surface area contributed by atoms with Crippen LogP contribution in [0.25, 0.3) is 0 Å². The highest BCUT2D eigenvalue weighted by atomic mass is 16.6. The van der Waals surface area contributed by atoms with Gasteiger partial charge >= 0.3 is 6.03 Å². The van der Waals surface area contributed by atoms with Gasteiger partial charge in [0.1, 0.15) is 13.2 Å². The Balaban J connectivity index is 1.60. The van der Waals surface area contributed by atoms with E-state index in [9.17, 15) is 9.59 Å². The van der Waals surface area contributed by atoms with Gasteiger partial charge in [-0.25, -0.2) is 4.79 Å². The molecular formula is C17H23N3O5. The van der Waals surface area contributed by atoms with E-state index < -0.39 is 0 Å². The van der Waals surface area contributed by atoms with Crippen LogP contribution in [0.3, 0.4) is 0 Å². The number of nitrogens with one attached hydrogen (secondary N) is 2. The molecule has 3 rings (SSSR count). The fraction of sp³-hybridized carbons (Fsp3) is 0.529. The number of rotatable bonds is 5. The third-order valence-electron chi connectivity index (χ3n) is 4.09. The summed E-state index contributed by atoms with van der Waals surface area (Å²) in [5.74, 6) is 1.29. The molecule has 1 aromatic carbocycles. The van der Waals surface area contributed by atoms with Crippen LogP contribution < -0.4 is 25.0 Å². The van der Waals surface area contributed by atoms with Crippen LogP contribution in [0.2, 0.25) is 0 Å². The predicted molar refractivity (Wildman–Crippen MR) is 91.2 cm³/mol. The highest BCUT2D eigenvalue weighted by Gasteiger charge is 2.32. The number of nitrogens with zero attached hydrogens (tertiary/aromatic N) is 1. The Morgan fingerprint density at radius 2 is 2.12 bits per heavy atom. The lowest BCUT2D eigenvalue weighted by atomic mass is 10.2. The van der Waals surface area contributed by atoms with Crippen LogP contribution in [-0.2, 0) is 9.53 Å². The number of urea groups is 1. The molecule has 0 bridgehead atoms. The number of carbonyl (C=O) groups is 2. The van der Waals surface area contributed by atoms with Crippen LogP contribution in [0.1, 0.15) is 13.3 Å². The summed E-state index contributed by atoms with van der Waals surface area (Å²) >= 11 is 0. The molecule has 2 heterocycles. The minimum atomic E-state index is -0.300. The zero-order valence-electron chi connectivity index (χ0n) is 14.4. The molecule has 0 spiro atoms. The van der Waals surface area contributed by atoms with E-state index in [0.717, 1.165) is 5.69 Å². The van der Waals surface area contributed by atoms with Gasteiger partial charge in [0.2, 0.25) is 5.91 Å². The maximum atomic E-state index is 12.3. The number of hydrogen-bond donors (Lipinski definition) is 2. The van der Waals surface area contributed by atoms with Gasteiger partial charge in [0.25, 0.3) is 0 Å². The maximum Gasteiger partial charge on any atom is 0.315 e. The summed E-state index contributed by atoms with van der Waals surface area (Å²) in [7, 11) is 1.58. The van der Waals surface area contributed by atoms with E-state index in [1.807, 2.05) is 13.0 Å². The molecule has 1 fully saturated rings. The van der Waals surface area contributed by atoms with Crippen molar-refractivity contribution in [3.05, 3.63) is 18.2 Å². The third kappa shape index (κ3) is 4.14. The van der Waals surface area contributed by atoms with Crippen molar-refractivity contribution in [3.8, 4) is 11.5 Å². The van der Waals surface area contributed by atoms with Gasteiger partial charge in [-0.15, -0.1) is 0 Å². The van der Waals surface area contributed by atoms with Crippen molar-refractivity contribution >= 4 is 17.6 Å². The lowest BCUT2D eigenvalue weighted by Crippen LogP contribution is -2.47. The van der Waals surface area contributed by atoms with Gasteiger partial charge in [0, 0.05) is 31.8 Å². The molecule has 8 nitrogen and oxygen atoms in total. The van der Waals surface area contributed by atoms with Crippen LogP contribution in [0.4, 0.5) is 10.5 Å². The molecule has 2 atom stereocenters. The maximum absolute atomic E-state index is 12.3. The molecule has 2 aliphatic rings. The first-order valence-electron chi connectivity index (χ1n) is 8.33. The number of amides is 3. The van der Waals surface area contributed by atoms with E-state index in [4.69, 9.17) is 14.2 Å². The number of anilines is 1. The van der Waals surface area contributed by atoms with Gasteiger partial charge in [0.15, 0.2) is 11.5 Å². The first-order chi connectivity index (χ1) is 12.1. The summed E-state index contributed by atoms with van der Waals surface area (Å²) in [6.07, 6.45) is 0.264. The molecule has 8 heteroatoms. The second-order valence-electron chi connectivity index (χ2n) is 6.21. The Hall–Kier alpha value is -2.48. The fourth-order valence-electron chi connectivity index (χ4n) is 3.00. The average molecular weight is 349 g/mol. The minimum Gasteiger partial charge on any atom is -0.486 e. The van der Waals surface area contributed by atoms with Crippen molar-refractivity contribution in [1.29, 1.82) is 0 Å². The first kappa shape index (κ1) is 17.3. The lowest BCUT2D eigenvalue weighted by Gasteiger charge is -2.22. The number of benzene rings is 1. The molecule has 1 saturated heterocycles. The van der Waals surface area contributed by atoms with Crippen molar-refractivity contribution in [2.24, 2.45) is 0 Å². The molecular weight excluding hydrogens is 326 g/mol. The van der Waals surface area contributed by atoms with Gasteiger partial charge in [0.05, 0.1) is 18.7 Å². The number of carbonyl (C=O) groups excluding carboxylic acids is 2. The summed E-state index contributed by atoms with van der Waals surface area (Å²) < 4.78 is 16.0. The van der Waals surface area contributed by atoms with E-state index in [1.54, 1.807) is 24.1 Å². The summed E-state index contributed by atoms with van der Waals surface area (Å²) in [5.41, 5.74) is 0.742. The molecule has 0 aliphatic carbocycles. The standard InChI is InChI=1S/C17H23N3O5/c1-11(10-23-2)18-17(22)19-12-7-16(21)20(9-12)13-3-4-14-15(8-13)25-6-5-24-14/h3-4,8,11-12H,5-7,9-10H2,1-2H3,(H2,18,19,22)/t11-,12-/m0/s1. The lowest BCUT2D eigenvalue weighted by molar-refractivity contribution is -0.117.